The Kier molecular flexibility index (Phi) is 8.07. The third-order valence-electron chi connectivity index (χ3n) is 4.05. The average molecular weight is 375 g/mol. The van der Waals surface area contributed by atoms with Crippen molar-refractivity contribution in [3.8, 4) is 0 Å². The van der Waals surface area contributed by atoms with Crippen LogP contribution in [0.3, 0.4) is 0 Å². The SMILES string of the molecule is C=C(NC(C)(C)C(=O)NC(CCCc1ccccc1)C(C)=O)OC(C)(C)C. The Morgan fingerprint density at radius 2 is 1.70 bits per heavy atom. The first-order valence-electron chi connectivity index (χ1n) is 9.42. The molecule has 5 nitrogen and oxygen atoms in total. The molecule has 0 saturated carbocycles. The minimum atomic E-state index is -0.949. The van der Waals surface area contributed by atoms with Crippen molar-refractivity contribution in [1.29, 1.82) is 0 Å². The van der Waals surface area contributed by atoms with Crippen molar-refractivity contribution in [2.75, 3.05) is 0 Å². The number of Topliss-reactive ketones (excluding diaryl/α,β-unsaturated/α-hetero) is 1. The van der Waals surface area contributed by atoms with Crippen LogP contribution >= 0.6 is 0 Å². The number of carbonyl (C=O) groups excluding carboxylic acids is 2. The number of amides is 1. The van der Waals surface area contributed by atoms with E-state index in [1.807, 2.05) is 39.0 Å². The summed E-state index contributed by atoms with van der Waals surface area (Å²) in [6, 6.07) is 9.61. The first-order valence-corrected chi connectivity index (χ1v) is 9.42. The molecule has 0 fully saturated rings. The van der Waals surface area contributed by atoms with Crippen molar-refractivity contribution in [1.82, 2.24) is 10.6 Å². The van der Waals surface area contributed by atoms with Gasteiger partial charge in [0.05, 0.1) is 6.04 Å². The molecule has 1 aromatic rings. The van der Waals surface area contributed by atoms with E-state index in [0.29, 0.717) is 12.3 Å². The Morgan fingerprint density at radius 1 is 1.11 bits per heavy atom. The lowest BCUT2D eigenvalue weighted by molar-refractivity contribution is -0.131. The van der Waals surface area contributed by atoms with Crippen molar-refractivity contribution in [2.45, 2.75) is 78.0 Å². The zero-order chi connectivity index (χ0) is 20.7. The molecule has 1 rings (SSSR count). The van der Waals surface area contributed by atoms with E-state index in [1.54, 1.807) is 13.8 Å². The molecule has 1 atom stereocenters. The summed E-state index contributed by atoms with van der Waals surface area (Å²) in [5.41, 5.74) is -0.130. The highest BCUT2D eigenvalue weighted by atomic mass is 16.5. The number of nitrogens with one attached hydrogen (secondary N) is 2. The van der Waals surface area contributed by atoms with Gasteiger partial charge in [-0.1, -0.05) is 30.3 Å². The number of ether oxygens (including phenoxy) is 1. The molecule has 0 aliphatic heterocycles. The third-order valence-corrected chi connectivity index (χ3v) is 4.05. The van der Waals surface area contributed by atoms with E-state index in [9.17, 15) is 9.59 Å². The summed E-state index contributed by atoms with van der Waals surface area (Å²) in [5, 5.41) is 5.86. The number of hydrogen-bond donors (Lipinski definition) is 2. The van der Waals surface area contributed by atoms with Gasteiger partial charge in [-0.05, 0) is 72.9 Å². The van der Waals surface area contributed by atoms with Gasteiger partial charge < -0.3 is 15.4 Å². The first kappa shape index (κ1) is 22.7. The molecular weight excluding hydrogens is 340 g/mol. The minimum absolute atomic E-state index is 0.0445. The zero-order valence-electron chi connectivity index (χ0n) is 17.5. The van der Waals surface area contributed by atoms with E-state index < -0.39 is 17.2 Å². The van der Waals surface area contributed by atoms with Crippen molar-refractivity contribution < 1.29 is 14.3 Å². The Hall–Kier alpha value is -2.30. The molecule has 0 bridgehead atoms. The van der Waals surface area contributed by atoms with E-state index in [4.69, 9.17) is 4.74 Å². The lowest BCUT2D eigenvalue weighted by Crippen LogP contribution is -2.56. The van der Waals surface area contributed by atoms with Crippen LogP contribution in [0.2, 0.25) is 0 Å². The quantitative estimate of drug-likeness (QED) is 0.612. The molecule has 27 heavy (non-hydrogen) atoms. The van der Waals surface area contributed by atoms with Gasteiger partial charge in [0.1, 0.15) is 11.1 Å². The topological polar surface area (TPSA) is 67.4 Å². The Bertz CT molecular complexity index is 645. The van der Waals surface area contributed by atoms with Crippen LogP contribution < -0.4 is 10.6 Å². The lowest BCUT2D eigenvalue weighted by atomic mass is 9.99. The van der Waals surface area contributed by atoms with Crippen LogP contribution in [0.1, 0.15) is 59.9 Å². The summed E-state index contributed by atoms with van der Waals surface area (Å²) >= 11 is 0. The molecule has 0 aliphatic carbocycles. The summed E-state index contributed by atoms with van der Waals surface area (Å²) in [5.74, 6) is 0.0177. The van der Waals surface area contributed by atoms with E-state index in [0.717, 1.165) is 12.8 Å². The number of hydrogen-bond acceptors (Lipinski definition) is 4. The molecule has 1 amide bonds. The second kappa shape index (κ2) is 9.58. The largest absolute Gasteiger partial charge is 0.474 e. The average Bonchev–Trinajstić information content (AvgIpc) is 2.52. The van der Waals surface area contributed by atoms with Gasteiger partial charge in [-0.2, -0.15) is 0 Å². The molecule has 2 N–H and O–H groups in total. The molecule has 0 aromatic heterocycles. The third kappa shape index (κ3) is 8.76. The van der Waals surface area contributed by atoms with Gasteiger partial charge in [0, 0.05) is 0 Å². The fraction of sp³-hybridized carbons (Fsp3) is 0.545. The van der Waals surface area contributed by atoms with E-state index in [1.165, 1.54) is 12.5 Å². The first-order chi connectivity index (χ1) is 12.4. The normalized spacial score (nSPS) is 12.8. The van der Waals surface area contributed by atoms with Crippen LogP contribution in [-0.2, 0) is 20.7 Å². The molecule has 0 heterocycles. The summed E-state index contributed by atoms with van der Waals surface area (Å²) in [6.07, 6.45) is 2.30. The van der Waals surface area contributed by atoms with Crippen molar-refractivity contribution >= 4 is 11.7 Å². The maximum atomic E-state index is 12.7. The van der Waals surface area contributed by atoms with Crippen molar-refractivity contribution in [3.05, 3.63) is 48.4 Å². The van der Waals surface area contributed by atoms with Gasteiger partial charge in [-0.25, -0.2) is 0 Å². The highest BCUT2D eigenvalue weighted by Crippen LogP contribution is 2.15. The highest BCUT2D eigenvalue weighted by Gasteiger charge is 2.31. The predicted octanol–water partition coefficient (Wildman–Crippen LogP) is 3.74. The summed E-state index contributed by atoms with van der Waals surface area (Å²) in [6.45, 7) is 14.5. The number of benzene rings is 1. The summed E-state index contributed by atoms with van der Waals surface area (Å²) < 4.78 is 5.64. The maximum Gasteiger partial charge on any atom is 0.245 e. The Labute approximate surface area is 163 Å². The fourth-order valence-corrected chi connectivity index (χ4v) is 2.67. The predicted molar refractivity (Wildman–Crippen MR) is 109 cm³/mol. The second-order valence-electron chi connectivity index (χ2n) is 8.40. The van der Waals surface area contributed by atoms with Gasteiger partial charge in [-0.3, -0.25) is 9.59 Å². The van der Waals surface area contributed by atoms with E-state index in [2.05, 4.69) is 29.3 Å². The molecule has 1 unspecified atom stereocenters. The zero-order valence-corrected chi connectivity index (χ0v) is 17.5. The molecule has 1 aromatic carbocycles. The van der Waals surface area contributed by atoms with Crippen LogP contribution in [0.4, 0.5) is 0 Å². The van der Waals surface area contributed by atoms with Crippen LogP contribution in [0, 0.1) is 0 Å². The van der Waals surface area contributed by atoms with E-state index >= 15 is 0 Å². The molecule has 150 valence electrons. The lowest BCUT2D eigenvalue weighted by Gasteiger charge is -2.31. The smallest absolute Gasteiger partial charge is 0.245 e. The Balaban J connectivity index is 2.60. The van der Waals surface area contributed by atoms with Crippen LogP contribution in [0.25, 0.3) is 0 Å². The fourth-order valence-electron chi connectivity index (χ4n) is 2.67. The number of carbonyl (C=O) groups is 2. The van der Waals surface area contributed by atoms with Crippen LogP contribution in [-0.4, -0.2) is 28.9 Å². The second-order valence-corrected chi connectivity index (χ2v) is 8.40. The molecule has 0 spiro atoms. The molecule has 0 saturated heterocycles. The van der Waals surface area contributed by atoms with Gasteiger partial charge in [-0.15, -0.1) is 0 Å². The van der Waals surface area contributed by atoms with Gasteiger partial charge in [0.2, 0.25) is 5.91 Å². The molecular formula is C22H34N2O3. The number of ketones is 1. The van der Waals surface area contributed by atoms with E-state index in [-0.39, 0.29) is 11.7 Å². The van der Waals surface area contributed by atoms with Gasteiger partial charge in [0.25, 0.3) is 0 Å². The van der Waals surface area contributed by atoms with Crippen LogP contribution in [0.5, 0.6) is 0 Å². The number of aryl methyl sites for hydroxylation is 1. The van der Waals surface area contributed by atoms with Gasteiger partial charge in [0.15, 0.2) is 11.7 Å². The Morgan fingerprint density at radius 3 is 2.22 bits per heavy atom. The van der Waals surface area contributed by atoms with Crippen molar-refractivity contribution in [2.24, 2.45) is 0 Å². The monoisotopic (exact) mass is 374 g/mol. The number of rotatable bonds is 10. The molecule has 5 heteroatoms. The summed E-state index contributed by atoms with van der Waals surface area (Å²) in [7, 11) is 0. The minimum Gasteiger partial charge on any atom is -0.474 e. The van der Waals surface area contributed by atoms with Gasteiger partial charge >= 0.3 is 0 Å². The molecule has 0 aliphatic rings. The highest BCUT2D eigenvalue weighted by molar-refractivity contribution is 5.91. The summed E-state index contributed by atoms with van der Waals surface area (Å²) in [4.78, 5) is 24.7. The van der Waals surface area contributed by atoms with Crippen LogP contribution in [0.15, 0.2) is 42.8 Å². The van der Waals surface area contributed by atoms with Crippen molar-refractivity contribution in [3.63, 3.8) is 0 Å². The molecule has 0 radical (unpaired) electrons. The maximum absolute atomic E-state index is 12.7. The standard InChI is InChI=1S/C22H34N2O3/c1-16(25)19(15-11-14-18-12-9-8-10-13-18)23-20(26)22(6,7)24-17(2)27-21(3,4)5/h8-10,12-13,19,24H,2,11,14-15H2,1,3-7H3,(H,23,26).